The van der Waals surface area contributed by atoms with E-state index in [9.17, 15) is 0 Å². The van der Waals surface area contributed by atoms with Gasteiger partial charge < -0.3 is 5.32 Å². The summed E-state index contributed by atoms with van der Waals surface area (Å²) < 4.78 is 0. The minimum atomic E-state index is 0.534. The van der Waals surface area contributed by atoms with Crippen molar-refractivity contribution in [2.24, 2.45) is 0 Å². The lowest BCUT2D eigenvalue weighted by Crippen LogP contribution is -2.18. The van der Waals surface area contributed by atoms with Gasteiger partial charge in [0.2, 0.25) is 0 Å². The van der Waals surface area contributed by atoms with Crippen LogP contribution in [0.1, 0.15) is 30.5 Å². The van der Waals surface area contributed by atoms with Crippen LogP contribution in [-0.4, -0.2) is 11.5 Å². The van der Waals surface area contributed by atoms with E-state index in [1.807, 2.05) is 12.4 Å². The molecule has 1 aromatic heterocycles. The third-order valence-electron chi connectivity index (χ3n) is 3.71. The van der Waals surface area contributed by atoms with Crippen molar-refractivity contribution < 1.29 is 0 Å². The molecule has 2 nitrogen and oxygen atoms in total. The van der Waals surface area contributed by atoms with E-state index in [2.05, 4.69) is 47.6 Å². The maximum Gasteiger partial charge on any atom is 0.0326 e. The highest BCUT2D eigenvalue weighted by atomic mass is 14.9. The lowest BCUT2D eigenvalue weighted by atomic mass is 9.97. The predicted octanol–water partition coefficient (Wildman–Crippen LogP) is 3.35. The summed E-state index contributed by atoms with van der Waals surface area (Å²) >= 11 is 0. The first-order chi connectivity index (χ1) is 8.90. The molecular formula is C16H18N2. The molecule has 3 rings (SSSR count). The average molecular weight is 238 g/mol. The van der Waals surface area contributed by atoms with E-state index in [0.29, 0.717) is 6.04 Å². The number of hydrogen-bond donors (Lipinski definition) is 1. The zero-order chi connectivity index (χ0) is 12.4. The standard InChI is InChI=1S/C16H18N2/c1-2-18-16-7-6-14-13(4-3-5-15(14)16)12-8-10-17-11-9-12/h3-5,8-11,16,18H,2,6-7H2,1H3. The molecule has 1 aromatic carbocycles. The van der Waals surface area contributed by atoms with Crippen molar-refractivity contribution in [2.45, 2.75) is 25.8 Å². The maximum absolute atomic E-state index is 4.10. The van der Waals surface area contributed by atoms with E-state index in [4.69, 9.17) is 0 Å². The van der Waals surface area contributed by atoms with E-state index in [1.165, 1.54) is 35.1 Å². The van der Waals surface area contributed by atoms with Gasteiger partial charge in [-0.25, -0.2) is 0 Å². The van der Waals surface area contributed by atoms with Crippen LogP contribution >= 0.6 is 0 Å². The van der Waals surface area contributed by atoms with E-state index in [1.54, 1.807) is 0 Å². The summed E-state index contributed by atoms with van der Waals surface area (Å²) in [5, 5.41) is 3.57. The van der Waals surface area contributed by atoms with Gasteiger partial charge in [0.25, 0.3) is 0 Å². The van der Waals surface area contributed by atoms with Crippen LogP contribution in [0.25, 0.3) is 11.1 Å². The average Bonchev–Trinajstić information content (AvgIpc) is 2.84. The second kappa shape index (κ2) is 4.91. The molecule has 1 N–H and O–H groups in total. The highest BCUT2D eigenvalue weighted by molar-refractivity contribution is 5.69. The first-order valence-corrected chi connectivity index (χ1v) is 6.65. The monoisotopic (exact) mass is 238 g/mol. The summed E-state index contributed by atoms with van der Waals surface area (Å²) in [5.74, 6) is 0. The first kappa shape index (κ1) is 11.4. The van der Waals surface area contributed by atoms with E-state index >= 15 is 0 Å². The minimum Gasteiger partial charge on any atom is -0.310 e. The van der Waals surface area contributed by atoms with Crippen molar-refractivity contribution in [3.63, 3.8) is 0 Å². The second-order valence-electron chi connectivity index (χ2n) is 4.76. The van der Waals surface area contributed by atoms with Crippen LogP contribution in [0.2, 0.25) is 0 Å². The molecule has 0 spiro atoms. The number of benzene rings is 1. The molecule has 2 aromatic rings. The number of rotatable bonds is 3. The summed E-state index contributed by atoms with van der Waals surface area (Å²) in [5.41, 5.74) is 5.63. The van der Waals surface area contributed by atoms with Crippen LogP contribution in [0.4, 0.5) is 0 Å². The van der Waals surface area contributed by atoms with Crippen LogP contribution < -0.4 is 5.32 Å². The summed E-state index contributed by atoms with van der Waals surface area (Å²) in [7, 11) is 0. The number of nitrogens with zero attached hydrogens (tertiary/aromatic N) is 1. The summed E-state index contributed by atoms with van der Waals surface area (Å²) in [4.78, 5) is 4.10. The molecule has 1 aliphatic carbocycles. The number of nitrogens with one attached hydrogen (secondary N) is 1. The van der Waals surface area contributed by atoms with Gasteiger partial charge in [0, 0.05) is 18.4 Å². The fourth-order valence-corrected chi connectivity index (χ4v) is 2.91. The van der Waals surface area contributed by atoms with Crippen LogP contribution in [0.5, 0.6) is 0 Å². The molecule has 0 saturated heterocycles. The highest BCUT2D eigenvalue weighted by Gasteiger charge is 2.23. The molecule has 92 valence electrons. The fraction of sp³-hybridized carbons (Fsp3) is 0.312. The minimum absolute atomic E-state index is 0.534. The second-order valence-corrected chi connectivity index (χ2v) is 4.76. The van der Waals surface area contributed by atoms with E-state index in [0.717, 1.165) is 6.54 Å². The van der Waals surface area contributed by atoms with Gasteiger partial charge >= 0.3 is 0 Å². The molecule has 0 fully saturated rings. The van der Waals surface area contributed by atoms with E-state index in [-0.39, 0.29) is 0 Å². The smallest absolute Gasteiger partial charge is 0.0326 e. The quantitative estimate of drug-likeness (QED) is 0.887. The normalized spacial score (nSPS) is 17.7. The molecule has 0 amide bonds. The lowest BCUT2D eigenvalue weighted by Gasteiger charge is -2.13. The van der Waals surface area contributed by atoms with Crippen molar-refractivity contribution in [1.82, 2.24) is 10.3 Å². The Labute approximate surface area is 108 Å². The number of hydrogen-bond acceptors (Lipinski definition) is 2. The number of pyridine rings is 1. The zero-order valence-electron chi connectivity index (χ0n) is 10.7. The predicted molar refractivity (Wildman–Crippen MR) is 74.4 cm³/mol. The van der Waals surface area contributed by atoms with Gasteiger partial charge in [-0.05, 0) is 53.8 Å². The molecule has 0 radical (unpaired) electrons. The Bertz CT molecular complexity index is 534. The Morgan fingerprint density at radius 3 is 2.83 bits per heavy atom. The third-order valence-corrected chi connectivity index (χ3v) is 3.71. The van der Waals surface area contributed by atoms with Gasteiger partial charge in [-0.1, -0.05) is 25.1 Å². The Kier molecular flexibility index (Phi) is 3.11. The van der Waals surface area contributed by atoms with Crippen molar-refractivity contribution in [2.75, 3.05) is 6.54 Å². The van der Waals surface area contributed by atoms with Gasteiger partial charge in [-0.2, -0.15) is 0 Å². The van der Waals surface area contributed by atoms with Crippen molar-refractivity contribution in [3.8, 4) is 11.1 Å². The SMILES string of the molecule is CCNC1CCc2c(-c3ccncc3)cccc21. The van der Waals surface area contributed by atoms with Crippen LogP contribution in [-0.2, 0) is 6.42 Å². The fourth-order valence-electron chi connectivity index (χ4n) is 2.91. The Balaban J connectivity index is 2.04. The molecule has 0 saturated carbocycles. The molecule has 0 aliphatic heterocycles. The number of aromatic nitrogens is 1. The van der Waals surface area contributed by atoms with E-state index < -0.39 is 0 Å². The Morgan fingerprint density at radius 2 is 2.06 bits per heavy atom. The first-order valence-electron chi connectivity index (χ1n) is 6.65. The molecule has 1 atom stereocenters. The molecule has 1 heterocycles. The van der Waals surface area contributed by atoms with Crippen LogP contribution in [0.15, 0.2) is 42.7 Å². The van der Waals surface area contributed by atoms with Gasteiger partial charge in [0.1, 0.15) is 0 Å². The topological polar surface area (TPSA) is 24.9 Å². The maximum atomic E-state index is 4.10. The Morgan fingerprint density at radius 1 is 1.22 bits per heavy atom. The molecule has 0 bridgehead atoms. The Hall–Kier alpha value is -1.67. The molecule has 2 heteroatoms. The molecule has 1 unspecified atom stereocenters. The summed E-state index contributed by atoms with van der Waals surface area (Å²) in [6.45, 7) is 3.20. The van der Waals surface area contributed by atoms with Gasteiger partial charge in [-0.3, -0.25) is 4.98 Å². The van der Waals surface area contributed by atoms with Crippen molar-refractivity contribution in [3.05, 3.63) is 53.9 Å². The largest absolute Gasteiger partial charge is 0.310 e. The van der Waals surface area contributed by atoms with Gasteiger partial charge in [0.05, 0.1) is 0 Å². The van der Waals surface area contributed by atoms with Crippen molar-refractivity contribution in [1.29, 1.82) is 0 Å². The molecular weight excluding hydrogens is 220 g/mol. The van der Waals surface area contributed by atoms with Gasteiger partial charge in [0.15, 0.2) is 0 Å². The summed E-state index contributed by atoms with van der Waals surface area (Å²) in [6.07, 6.45) is 6.12. The van der Waals surface area contributed by atoms with Crippen LogP contribution in [0.3, 0.4) is 0 Å². The molecule has 1 aliphatic rings. The zero-order valence-corrected chi connectivity index (χ0v) is 10.7. The lowest BCUT2D eigenvalue weighted by molar-refractivity contribution is 0.549. The van der Waals surface area contributed by atoms with Crippen molar-refractivity contribution >= 4 is 0 Å². The van der Waals surface area contributed by atoms with Crippen LogP contribution in [0, 0.1) is 0 Å². The molecule has 18 heavy (non-hydrogen) atoms. The van der Waals surface area contributed by atoms with Gasteiger partial charge in [-0.15, -0.1) is 0 Å². The summed E-state index contributed by atoms with van der Waals surface area (Å²) in [6, 6.07) is 11.4. The number of fused-ring (bicyclic) bond motifs is 1. The third kappa shape index (κ3) is 1.93. The highest BCUT2D eigenvalue weighted by Crippen LogP contribution is 2.37.